The summed E-state index contributed by atoms with van der Waals surface area (Å²) < 4.78 is 0. The molecule has 0 amide bonds. The number of nitrogens with zero attached hydrogens (tertiary/aromatic N) is 1. The van der Waals surface area contributed by atoms with Gasteiger partial charge in [-0.3, -0.25) is 4.90 Å². The fourth-order valence-electron chi connectivity index (χ4n) is 3.83. The molecule has 0 aliphatic heterocycles. The van der Waals surface area contributed by atoms with Crippen LogP contribution in [0.2, 0.25) is 0 Å². The minimum absolute atomic E-state index is 0.707. The minimum atomic E-state index is 0.707. The van der Waals surface area contributed by atoms with Gasteiger partial charge in [-0.2, -0.15) is 0 Å². The Hall–Kier alpha value is -0.0800. The van der Waals surface area contributed by atoms with Crippen LogP contribution in [0.4, 0.5) is 0 Å². The van der Waals surface area contributed by atoms with Crippen molar-refractivity contribution in [3.05, 3.63) is 0 Å². The third-order valence-electron chi connectivity index (χ3n) is 5.40. The van der Waals surface area contributed by atoms with Crippen molar-refractivity contribution in [2.75, 3.05) is 13.1 Å². The molecule has 0 aromatic rings. The van der Waals surface area contributed by atoms with Crippen LogP contribution in [0.5, 0.6) is 0 Å². The van der Waals surface area contributed by atoms with E-state index in [4.69, 9.17) is 0 Å². The number of nitrogens with one attached hydrogen (secondary N) is 1. The van der Waals surface area contributed by atoms with Gasteiger partial charge in [0.1, 0.15) is 0 Å². The fourth-order valence-corrected chi connectivity index (χ4v) is 3.83. The van der Waals surface area contributed by atoms with Crippen LogP contribution in [-0.2, 0) is 0 Å². The molecule has 0 aromatic carbocycles. The summed E-state index contributed by atoms with van der Waals surface area (Å²) in [5, 5.41) is 3.83. The van der Waals surface area contributed by atoms with Gasteiger partial charge in [-0.25, -0.2) is 0 Å². The molecule has 0 radical (unpaired) electrons. The summed E-state index contributed by atoms with van der Waals surface area (Å²) in [6.45, 7) is 16.5. The highest BCUT2D eigenvalue weighted by molar-refractivity contribution is 4.93. The van der Waals surface area contributed by atoms with E-state index < -0.39 is 0 Å². The summed E-state index contributed by atoms with van der Waals surface area (Å²) in [5.74, 6) is 1.75. The first kappa shape index (κ1) is 18.0. The zero-order valence-corrected chi connectivity index (χ0v) is 14.8. The lowest BCUT2D eigenvalue weighted by molar-refractivity contribution is 0.0580. The maximum atomic E-state index is 3.83. The summed E-state index contributed by atoms with van der Waals surface area (Å²) in [4.78, 5) is 2.77. The molecule has 20 heavy (non-hydrogen) atoms. The monoisotopic (exact) mass is 282 g/mol. The van der Waals surface area contributed by atoms with Gasteiger partial charge in [0.2, 0.25) is 0 Å². The molecule has 0 bridgehead atoms. The molecule has 0 saturated heterocycles. The van der Waals surface area contributed by atoms with Crippen molar-refractivity contribution in [2.45, 2.75) is 91.8 Å². The topological polar surface area (TPSA) is 15.3 Å². The van der Waals surface area contributed by atoms with Gasteiger partial charge in [-0.1, -0.05) is 34.6 Å². The van der Waals surface area contributed by atoms with Crippen LogP contribution < -0.4 is 5.32 Å². The molecule has 0 aromatic heterocycles. The van der Waals surface area contributed by atoms with E-state index in [1.54, 1.807) is 0 Å². The van der Waals surface area contributed by atoms with E-state index in [1.165, 1.54) is 45.2 Å². The van der Waals surface area contributed by atoms with Crippen LogP contribution >= 0.6 is 0 Å². The van der Waals surface area contributed by atoms with Crippen molar-refractivity contribution in [1.29, 1.82) is 0 Å². The number of hydrogen-bond acceptors (Lipinski definition) is 2. The van der Waals surface area contributed by atoms with Crippen molar-refractivity contribution < 1.29 is 0 Å². The molecule has 1 fully saturated rings. The van der Waals surface area contributed by atoms with Gasteiger partial charge in [-0.15, -0.1) is 0 Å². The molecule has 1 aliphatic rings. The number of likely N-dealkylation sites (N-methyl/N-ethyl adjacent to an activating group) is 1. The lowest BCUT2D eigenvalue weighted by Gasteiger charge is -2.46. The minimum Gasteiger partial charge on any atom is -0.312 e. The van der Waals surface area contributed by atoms with E-state index in [1.807, 2.05) is 0 Å². The molecule has 2 nitrogen and oxygen atoms in total. The van der Waals surface area contributed by atoms with E-state index >= 15 is 0 Å². The lowest BCUT2D eigenvalue weighted by Crippen LogP contribution is -2.56. The van der Waals surface area contributed by atoms with Crippen molar-refractivity contribution in [2.24, 2.45) is 11.8 Å². The van der Waals surface area contributed by atoms with Gasteiger partial charge < -0.3 is 5.32 Å². The lowest BCUT2D eigenvalue weighted by atomic mass is 9.76. The average Bonchev–Trinajstić information content (AvgIpc) is 2.46. The van der Waals surface area contributed by atoms with Crippen molar-refractivity contribution >= 4 is 0 Å². The van der Waals surface area contributed by atoms with Gasteiger partial charge >= 0.3 is 0 Å². The van der Waals surface area contributed by atoms with Gasteiger partial charge in [0.05, 0.1) is 0 Å². The molecule has 1 aliphatic carbocycles. The van der Waals surface area contributed by atoms with Crippen LogP contribution in [0.1, 0.15) is 73.6 Å². The Morgan fingerprint density at radius 1 is 1.10 bits per heavy atom. The van der Waals surface area contributed by atoms with Crippen molar-refractivity contribution in [1.82, 2.24) is 10.2 Å². The van der Waals surface area contributed by atoms with Gasteiger partial charge in [0.25, 0.3) is 0 Å². The third kappa shape index (κ3) is 4.73. The predicted octanol–water partition coefficient (Wildman–Crippen LogP) is 4.30. The Bertz CT molecular complexity index is 252. The summed E-state index contributed by atoms with van der Waals surface area (Å²) in [6.07, 6.45) is 6.66. The molecule has 0 heterocycles. The predicted molar refractivity (Wildman–Crippen MR) is 90.2 cm³/mol. The highest BCUT2D eigenvalue weighted by Gasteiger charge is 2.35. The smallest absolute Gasteiger partial charge is 0.0254 e. The first-order valence-corrected chi connectivity index (χ1v) is 9.04. The van der Waals surface area contributed by atoms with E-state index in [9.17, 15) is 0 Å². The third-order valence-corrected chi connectivity index (χ3v) is 5.40. The Labute approximate surface area is 127 Å². The van der Waals surface area contributed by atoms with E-state index in [0.29, 0.717) is 12.1 Å². The molecule has 1 N–H and O–H groups in total. The second-order valence-corrected chi connectivity index (χ2v) is 7.03. The van der Waals surface area contributed by atoms with E-state index in [-0.39, 0.29) is 0 Å². The quantitative estimate of drug-likeness (QED) is 0.714. The molecule has 120 valence electrons. The fraction of sp³-hybridized carbons (Fsp3) is 1.00. The van der Waals surface area contributed by atoms with Gasteiger partial charge in [0, 0.05) is 18.1 Å². The Morgan fingerprint density at radius 2 is 1.80 bits per heavy atom. The molecule has 1 rings (SSSR count). The highest BCUT2D eigenvalue weighted by atomic mass is 15.2. The van der Waals surface area contributed by atoms with E-state index in [0.717, 1.165) is 17.9 Å². The summed E-state index contributed by atoms with van der Waals surface area (Å²) in [5.41, 5.74) is 0. The maximum absolute atomic E-state index is 3.83. The highest BCUT2D eigenvalue weighted by Crippen LogP contribution is 2.33. The molecule has 1 saturated carbocycles. The molecule has 4 atom stereocenters. The molecule has 2 heteroatoms. The molecular weight excluding hydrogens is 244 g/mol. The second-order valence-electron chi connectivity index (χ2n) is 7.03. The Kier molecular flexibility index (Phi) is 8.13. The largest absolute Gasteiger partial charge is 0.312 e. The van der Waals surface area contributed by atoms with Crippen molar-refractivity contribution in [3.8, 4) is 0 Å². The Balaban J connectivity index is 2.78. The first-order chi connectivity index (χ1) is 9.54. The van der Waals surface area contributed by atoms with Crippen LogP contribution in [0.25, 0.3) is 0 Å². The molecule has 4 unspecified atom stereocenters. The second kappa shape index (κ2) is 9.04. The van der Waals surface area contributed by atoms with E-state index in [2.05, 4.69) is 51.8 Å². The summed E-state index contributed by atoms with van der Waals surface area (Å²) in [6, 6.07) is 2.16. The van der Waals surface area contributed by atoms with Crippen LogP contribution in [0, 0.1) is 11.8 Å². The van der Waals surface area contributed by atoms with Crippen molar-refractivity contribution in [3.63, 3.8) is 0 Å². The normalized spacial score (nSPS) is 29.1. The van der Waals surface area contributed by atoms with Gasteiger partial charge in [-0.05, 0) is 64.0 Å². The number of hydrogen-bond donors (Lipinski definition) is 1. The molecular formula is C18H38N2. The Morgan fingerprint density at radius 3 is 2.30 bits per heavy atom. The van der Waals surface area contributed by atoms with Crippen LogP contribution in [0.15, 0.2) is 0 Å². The zero-order valence-electron chi connectivity index (χ0n) is 14.8. The summed E-state index contributed by atoms with van der Waals surface area (Å²) in [7, 11) is 0. The zero-order chi connectivity index (χ0) is 15.1. The van der Waals surface area contributed by atoms with Gasteiger partial charge in [0.15, 0.2) is 0 Å². The standard InChI is InChI=1S/C18H38N2/c1-7-12-19-17-11-10-16(14(4)5)13-18(17)20(9-3)15(6)8-2/h14-19H,7-13H2,1-6H3. The van der Waals surface area contributed by atoms with Crippen LogP contribution in [-0.4, -0.2) is 36.1 Å². The summed E-state index contributed by atoms with van der Waals surface area (Å²) >= 11 is 0. The average molecular weight is 283 g/mol. The first-order valence-electron chi connectivity index (χ1n) is 9.04. The SMILES string of the molecule is CCCNC1CCC(C(C)C)CC1N(CC)C(C)CC. The maximum Gasteiger partial charge on any atom is 0.0254 e. The molecule has 0 spiro atoms. The van der Waals surface area contributed by atoms with Crippen LogP contribution in [0.3, 0.4) is 0 Å². The number of rotatable bonds is 8.